The second-order valence-corrected chi connectivity index (χ2v) is 8.91. The lowest BCUT2D eigenvalue weighted by molar-refractivity contribution is -0.137. The molecule has 1 aliphatic rings. The Morgan fingerprint density at radius 1 is 0.912 bits per heavy atom. The van der Waals surface area contributed by atoms with Crippen molar-refractivity contribution in [2.75, 3.05) is 4.90 Å². The van der Waals surface area contributed by atoms with Crippen molar-refractivity contribution in [1.82, 2.24) is 9.38 Å². The van der Waals surface area contributed by atoms with Crippen LogP contribution in [-0.4, -0.2) is 15.3 Å². The highest BCUT2D eigenvalue weighted by Crippen LogP contribution is 2.37. The molecule has 0 aliphatic carbocycles. The standard InChI is InChI=1S/C25H14F3N3O2S/c26-25(27,28)15-7-5-6-14(12-15)13-30-18-10-3-1-8-16(18)20(22(30)32)21-23(33)31-19-11-4-2-9-17(19)29-24(31)34-21/h1-12H,13H2/b21-20-. The summed E-state index contributed by atoms with van der Waals surface area (Å²) >= 11 is 1.13. The summed E-state index contributed by atoms with van der Waals surface area (Å²) in [5.41, 5.74) is 1.94. The van der Waals surface area contributed by atoms with Gasteiger partial charge in [-0.2, -0.15) is 13.2 Å². The van der Waals surface area contributed by atoms with Gasteiger partial charge in [0.2, 0.25) is 0 Å². The van der Waals surface area contributed by atoms with Gasteiger partial charge in [-0.1, -0.05) is 53.8 Å². The zero-order valence-corrected chi connectivity index (χ0v) is 18.2. The highest BCUT2D eigenvalue weighted by atomic mass is 32.1. The SMILES string of the molecule is O=C1/C(=c2\sc3nc4ccccc4n3c2=O)c2ccccc2N1Cc1cccc(C(F)(F)F)c1. The predicted octanol–water partition coefficient (Wildman–Crippen LogP) is 4.39. The number of aromatic nitrogens is 2. The molecule has 168 valence electrons. The third-order valence-corrected chi connectivity index (χ3v) is 6.91. The van der Waals surface area contributed by atoms with Gasteiger partial charge in [0.1, 0.15) is 4.53 Å². The summed E-state index contributed by atoms with van der Waals surface area (Å²) in [4.78, 5) is 33.4. The lowest BCUT2D eigenvalue weighted by Gasteiger charge is -2.18. The van der Waals surface area contributed by atoms with Crippen LogP contribution in [0.25, 0.3) is 21.6 Å². The van der Waals surface area contributed by atoms with Crippen LogP contribution in [0.1, 0.15) is 16.7 Å². The monoisotopic (exact) mass is 477 g/mol. The molecular weight excluding hydrogens is 463 g/mol. The molecule has 5 aromatic rings. The summed E-state index contributed by atoms with van der Waals surface area (Å²) in [5.74, 6) is -0.426. The molecule has 0 unspecified atom stereocenters. The van der Waals surface area contributed by atoms with E-state index in [9.17, 15) is 22.8 Å². The van der Waals surface area contributed by atoms with Gasteiger partial charge in [0.15, 0.2) is 4.96 Å². The van der Waals surface area contributed by atoms with Crippen LogP contribution < -0.4 is 15.0 Å². The van der Waals surface area contributed by atoms with E-state index in [1.165, 1.54) is 15.4 Å². The van der Waals surface area contributed by atoms with E-state index in [1.807, 2.05) is 18.2 Å². The van der Waals surface area contributed by atoms with Crippen molar-refractivity contribution >= 4 is 44.5 Å². The van der Waals surface area contributed by atoms with Crippen molar-refractivity contribution < 1.29 is 18.0 Å². The molecule has 1 amide bonds. The number of halogens is 3. The first-order valence-corrected chi connectivity index (χ1v) is 11.2. The van der Waals surface area contributed by atoms with Crippen LogP contribution >= 0.6 is 11.3 Å². The molecule has 6 rings (SSSR count). The number of hydrogen-bond donors (Lipinski definition) is 0. The molecule has 34 heavy (non-hydrogen) atoms. The number of imidazole rings is 1. The van der Waals surface area contributed by atoms with Crippen molar-refractivity contribution in [3.63, 3.8) is 0 Å². The second-order valence-electron chi connectivity index (χ2n) is 7.94. The van der Waals surface area contributed by atoms with Gasteiger partial charge in [-0.15, -0.1) is 0 Å². The number of benzene rings is 3. The molecule has 9 heteroatoms. The fraction of sp³-hybridized carbons (Fsp3) is 0.0800. The van der Waals surface area contributed by atoms with E-state index < -0.39 is 17.6 Å². The van der Waals surface area contributed by atoms with Crippen LogP contribution in [0, 0.1) is 0 Å². The summed E-state index contributed by atoms with van der Waals surface area (Å²) in [6.45, 7) is -0.0527. The van der Waals surface area contributed by atoms with Crippen molar-refractivity contribution in [2.45, 2.75) is 12.7 Å². The third-order valence-electron chi connectivity index (χ3n) is 5.87. The molecule has 0 saturated carbocycles. The van der Waals surface area contributed by atoms with Crippen LogP contribution in [0.15, 0.2) is 77.6 Å². The number of anilines is 1. The Labute approximate surface area is 194 Å². The topological polar surface area (TPSA) is 54.7 Å². The Balaban J connectivity index is 1.53. The smallest absolute Gasteiger partial charge is 0.303 e. The van der Waals surface area contributed by atoms with E-state index >= 15 is 0 Å². The molecule has 1 aliphatic heterocycles. The summed E-state index contributed by atoms with van der Waals surface area (Å²) in [6.07, 6.45) is -4.48. The van der Waals surface area contributed by atoms with E-state index in [4.69, 9.17) is 0 Å². The number of amides is 1. The number of nitrogens with zero attached hydrogens (tertiary/aromatic N) is 3. The lowest BCUT2D eigenvalue weighted by Crippen LogP contribution is -2.32. The van der Waals surface area contributed by atoms with Gasteiger partial charge < -0.3 is 4.90 Å². The molecule has 3 heterocycles. The van der Waals surface area contributed by atoms with Crippen molar-refractivity contribution in [3.05, 3.63) is 104 Å². The summed E-state index contributed by atoms with van der Waals surface area (Å²) in [6, 6.07) is 19.2. The Hall–Kier alpha value is -3.98. The number of fused-ring (bicyclic) bond motifs is 4. The fourth-order valence-electron chi connectivity index (χ4n) is 4.35. The van der Waals surface area contributed by atoms with Crippen LogP contribution in [0.3, 0.4) is 0 Å². The minimum absolute atomic E-state index is 0.0527. The maximum absolute atomic E-state index is 13.6. The van der Waals surface area contributed by atoms with E-state index in [1.54, 1.807) is 36.4 Å². The number of para-hydroxylation sites is 3. The van der Waals surface area contributed by atoms with Crippen LogP contribution in [0.5, 0.6) is 0 Å². The number of hydrogen-bond acceptors (Lipinski definition) is 4. The lowest BCUT2D eigenvalue weighted by atomic mass is 10.1. The number of carbonyl (C=O) groups is 1. The van der Waals surface area contributed by atoms with Gasteiger partial charge in [0.25, 0.3) is 11.5 Å². The molecule has 5 nitrogen and oxygen atoms in total. The maximum Gasteiger partial charge on any atom is 0.416 e. The molecule has 2 aromatic heterocycles. The molecule has 0 spiro atoms. The van der Waals surface area contributed by atoms with E-state index in [0.717, 1.165) is 23.5 Å². The first kappa shape index (κ1) is 20.6. The fourth-order valence-corrected chi connectivity index (χ4v) is 5.43. The molecule has 0 fully saturated rings. The van der Waals surface area contributed by atoms with Crippen LogP contribution in [-0.2, 0) is 17.5 Å². The predicted molar refractivity (Wildman–Crippen MR) is 124 cm³/mol. The summed E-state index contributed by atoms with van der Waals surface area (Å²) in [5, 5.41) is 0. The van der Waals surface area contributed by atoms with Crippen molar-refractivity contribution in [3.8, 4) is 0 Å². The molecule has 0 atom stereocenters. The molecule has 3 aromatic carbocycles. The first-order chi connectivity index (χ1) is 16.3. The van der Waals surface area contributed by atoms with Gasteiger partial charge >= 0.3 is 6.18 Å². The molecule has 0 bridgehead atoms. The van der Waals surface area contributed by atoms with Gasteiger partial charge in [-0.3, -0.25) is 9.59 Å². The van der Waals surface area contributed by atoms with E-state index in [-0.39, 0.29) is 22.2 Å². The number of rotatable bonds is 2. The largest absolute Gasteiger partial charge is 0.416 e. The van der Waals surface area contributed by atoms with Gasteiger partial charge in [-0.25, -0.2) is 9.38 Å². The second kappa shape index (κ2) is 7.26. The minimum atomic E-state index is -4.48. The Morgan fingerprint density at radius 3 is 2.50 bits per heavy atom. The molecule has 0 saturated heterocycles. The first-order valence-electron chi connectivity index (χ1n) is 10.3. The highest BCUT2D eigenvalue weighted by molar-refractivity contribution is 7.15. The number of carbonyl (C=O) groups excluding carboxylic acids is 1. The Bertz CT molecular complexity index is 1740. The van der Waals surface area contributed by atoms with Gasteiger partial charge in [0.05, 0.1) is 34.4 Å². The average molecular weight is 477 g/mol. The van der Waals surface area contributed by atoms with E-state index in [0.29, 0.717) is 32.8 Å². The molecule has 0 radical (unpaired) electrons. The maximum atomic E-state index is 13.6. The van der Waals surface area contributed by atoms with Crippen LogP contribution in [0.4, 0.5) is 18.9 Å². The average Bonchev–Trinajstić information content (AvgIpc) is 3.42. The van der Waals surface area contributed by atoms with Gasteiger partial charge in [-0.05, 0) is 35.9 Å². The van der Waals surface area contributed by atoms with Crippen LogP contribution in [0.2, 0.25) is 0 Å². The Morgan fingerprint density at radius 2 is 1.68 bits per heavy atom. The number of thiazole rings is 1. The quantitative estimate of drug-likeness (QED) is 0.379. The zero-order chi connectivity index (χ0) is 23.6. The highest BCUT2D eigenvalue weighted by Gasteiger charge is 2.35. The molecule has 0 N–H and O–H groups in total. The number of alkyl halides is 3. The summed E-state index contributed by atoms with van der Waals surface area (Å²) < 4.78 is 41.3. The zero-order valence-electron chi connectivity index (χ0n) is 17.3. The van der Waals surface area contributed by atoms with Gasteiger partial charge in [0, 0.05) is 5.56 Å². The van der Waals surface area contributed by atoms with Crippen molar-refractivity contribution in [1.29, 1.82) is 0 Å². The summed E-state index contributed by atoms with van der Waals surface area (Å²) in [7, 11) is 0. The third kappa shape index (κ3) is 3.04. The normalized spacial score (nSPS) is 15.5. The van der Waals surface area contributed by atoms with Crippen molar-refractivity contribution in [2.24, 2.45) is 0 Å². The molecular formula is C25H14F3N3O2S. The minimum Gasteiger partial charge on any atom is -0.303 e. The Kier molecular flexibility index (Phi) is 4.40. The van der Waals surface area contributed by atoms with E-state index in [2.05, 4.69) is 4.98 Å².